The van der Waals surface area contributed by atoms with E-state index < -0.39 is 43.0 Å². The highest BCUT2D eigenvalue weighted by molar-refractivity contribution is 7.45. The molecule has 2 unspecified atom stereocenters. The Morgan fingerprint density at radius 1 is 0.938 bits per heavy atom. The molecule has 0 aliphatic carbocycles. The van der Waals surface area contributed by atoms with Crippen LogP contribution in [0.15, 0.2) is 0 Å². The number of aliphatic hydroxyl groups is 1. The number of hydrogen-bond donors (Lipinski definition) is 1. The average molecular weight is 483 g/mol. The van der Waals surface area contributed by atoms with Crippen molar-refractivity contribution in [3.8, 4) is 0 Å². The molecule has 188 valence electrons. The smallest absolute Gasteiger partial charge is 0.319 e. The van der Waals surface area contributed by atoms with E-state index in [2.05, 4.69) is 4.52 Å². The highest BCUT2D eigenvalue weighted by Gasteiger charge is 2.44. The molecule has 0 saturated carbocycles. The average Bonchev–Trinajstić information content (AvgIpc) is 2.66. The molecule has 11 nitrogen and oxygen atoms in total. The van der Waals surface area contributed by atoms with E-state index in [1.807, 2.05) is 21.1 Å². The summed E-state index contributed by atoms with van der Waals surface area (Å²) >= 11 is 0. The third-order valence-corrected chi connectivity index (χ3v) is 5.83. The van der Waals surface area contributed by atoms with E-state index in [9.17, 15) is 23.8 Å². The minimum Gasteiger partial charge on any atom is -0.756 e. The van der Waals surface area contributed by atoms with Crippen LogP contribution in [0.4, 0.5) is 0 Å². The van der Waals surface area contributed by atoms with Crippen LogP contribution >= 0.6 is 7.82 Å². The fourth-order valence-corrected chi connectivity index (χ4v) is 3.04. The fourth-order valence-electron chi connectivity index (χ4n) is 2.36. The number of rotatable bonds is 16. The zero-order valence-corrected chi connectivity index (χ0v) is 21.1. The molecular weight excluding hydrogens is 445 g/mol. The molecule has 32 heavy (non-hydrogen) atoms. The molecule has 2 atom stereocenters. The van der Waals surface area contributed by atoms with Gasteiger partial charge in [0.05, 0.1) is 39.8 Å². The summed E-state index contributed by atoms with van der Waals surface area (Å²) < 4.78 is 31.6. The number of carbonyl (C=O) groups excluding carboxylic acids is 3. The Bertz CT molecular complexity index is 688. The van der Waals surface area contributed by atoms with Gasteiger partial charge in [-0.05, 0) is 27.2 Å². The van der Waals surface area contributed by atoms with Gasteiger partial charge in [0.2, 0.25) is 0 Å². The first-order valence-corrected chi connectivity index (χ1v) is 11.9. The number of hydrogen-bond acceptors (Lipinski definition) is 10. The second kappa shape index (κ2) is 12.8. The first kappa shape index (κ1) is 30.6. The Hall–Kier alpha value is -1.36. The van der Waals surface area contributed by atoms with E-state index in [1.165, 1.54) is 20.8 Å². The SMILES string of the molecule is CCC(C)(C(=O)CC(C)(C)C(=O)OCCOP(=O)([O-])OCC[N+](C)(C)C)C(=O)OCCO. The molecule has 0 amide bonds. The zero-order chi connectivity index (χ0) is 25.2. The Morgan fingerprint density at radius 3 is 1.97 bits per heavy atom. The summed E-state index contributed by atoms with van der Waals surface area (Å²) in [5, 5.41) is 8.80. The van der Waals surface area contributed by atoms with Crippen LogP contribution < -0.4 is 4.89 Å². The predicted molar refractivity (Wildman–Crippen MR) is 113 cm³/mol. The molecule has 0 fully saturated rings. The van der Waals surface area contributed by atoms with Gasteiger partial charge in [-0.15, -0.1) is 0 Å². The van der Waals surface area contributed by atoms with Crippen molar-refractivity contribution in [2.45, 2.75) is 40.5 Å². The quantitative estimate of drug-likeness (QED) is 0.109. The van der Waals surface area contributed by atoms with E-state index in [4.69, 9.17) is 19.1 Å². The van der Waals surface area contributed by atoms with Gasteiger partial charge in [-0.1, -0.05) is 6.92 Å². The zero-order valence-electron chi connectivity index (χ0n) is 20.2. The van der Waals surface area contributed by atoms with E-state index in [-0.39, 0.29) is 39.3 Å². The molecule has 0 aliphatic rings. The number of phosphoric ester groups is 1. The first-order valence-electron chi connectivity index (χ1n) is 10.4. The topological polar surface area (TPSA) is 148 Å². The fraction of sp³-hybridized carbons (Fsp3) is 0.850. The number of likely N-dealkylation sites (N-methyl/N-ethyl adjacent to an activating group) is 1. The maximum absolute atomic E-state index is 12.8. The number of carbonyl (C=O) groups is 3. The number of phosphoric acid groups is 1. The lowest BCUT2D eigenvalue weighted by molar-refractivity contribution is -0.870. The number of quaternary nitrogens is 1. The molecule has 0 saturated heterocycles. The highest BCUT2D eigenvalue weighted by Crippen LogP contribution is 2.38. The monoisotopic (exact) mass is 483 g/mol. The number of Topliss-reactive ketones (excluding diaryl/α,β-unsaturated/α-hetero) is 1. The number of esters is 2. The van der Waals surface area contributed by atoms with Crippen LogP contribution in [0.25, 0.3) is 0 Å². The lowest BCUT2D eigenvalue weighted by Crippen LogP contribution is -2.42. The molecule has 0 radical (unpaired) electrons. The number of aliphatic hydroxyl groups excluding tert-OH is 1. The normalized spacial score (nSPS) is 16.0. The van der Waals surface area contributed by atoms with Gasteiger partial charge < -0.3 is 33.0 Å². The molecule has 0 aromatic heterocycles. The van der Waals surface area contributed by atoms with Crippen molar-refractivity contribution in [3.63, 3.8) is 0 Å². The van der Waals surface area contributed by atoms with Crippen LogP contribution in [-0.4, -0.2) is 88.0 Å². The van der Waals surface area contributed by atoms with Crippen LogP contribution in [-0.2, 0) is 37.5 Å². The third kappa shape index (κ3) is 11.0. The van der Waals surface area contributed by atoms with Crippen molar-refractivity contribution in [1.82, 2.24) is 0 Å². The molecule has 0 spiro atoms. The van der Waals surface area contributed by atoms with E-state index in [0.29, 0.717) is 11.0 Å². The molecule has 1 N–H and O–H groups in total. The van der Waals surface area contributed by atoms with Crippen LogP contribution in [0, 0.1) is 10.8 Å². The van der Waals surface area contributed by atoms with Gasteiger partial charge >= 0.3 is 11.9 Å². The largest absolute Gasteiger partial charge is 0.756 e. The van der Waals surface area contributed by atoms with Gasteiger partial charge in [0.1, 0.15) is 31.8 Å². The van der Waals surface area contributed by atoms with Gasteiger partial charge in [0.25, 0.3) is 7.82 Å². The lowest BCUT2D eigenvalue weighted by Gasteiger charge is -2.29. The standard InChI is InChI=1S/C20H38NO10P/c1-8-20(4,18(25)28-12-10-22)16(23)15-19(2,3)17(24)29-13-14-31-32(26,27)30-11-9-21(5,6)7/h22H,8-15H2,1-7H3. The summed E-state index contributed by atoms with van der Waals surface area (Å²) in [6, 6.07) is 0. The molecule has 12 heteroatoms. The van der Waals surface area contributed by atoms with Crippen molar-refractivity contribution in [2.24, 2.45) is 10.8 Å². The van der Waals surface area contributed by atoms with Crippen LogP contribution in [0.1, 0.15) is 40.5 Å². The number of ketones is 1. The molecule has 0 aromatic rings. The lowest BCUT2D eigenvalue weighted by atomic mass is 9.75. The third-order valence-electron chi connectivity index (χ3n) is 4.83. The highest BCUT2D eigenvalue weighted by atomic mass is 31.2. The minimum atomic E-state index is -4.52. The van der Waals surface area contributed by atoms with Crippen molar-refractivity contribution in [2.75, 3.05) is 60.7 Å². The van der Waals surface area contributed by atoms with Gasteiger partial charge in [0.15, 0.2) is 5.78 Å². The first-order chi connectivity index (χ1) is 14.5. The molecular formula is C20H38NO10P. The summed E-state index contributed by atoms with van der Waals surface area (Å²) in [7, 11) is 1.12. The predicted octanol–water partition coefficient (Wildman–Crippen LogP) is 0.675. The molecule has 0 rings (SSSR count). The van der Waals surface area contributed by atoms with E-state index >= 15 is 0 Å². The van der Waals surface area contributed by atoms with Crippen LogP contribution in [0.2, 0.25) is 0 Å². The molecule has 0 heterocycles. The van der Waals surface area contributed by atoms with Crippen molar-refractivity contribution >= 4 is 25.5 Å². The van der Waals surface area contributed by atoms with Gasteiger partial charge in [-0.3, -0.25) is 18.9 Å². The Balaban J connectivity index is 4.68. The summed E-state index contributed by atoms with van der Waals surface area (Å²) in [5.41, 5.74) is -2.73. The maximum Gasteiger partial charge on any atom is 0.319 e. The minimum absolute atomic E-state index is 0.0455. The Labute approximate surface area is 190 Å². The summed E-state index contributed by atoms with van der Waals surface area (Å²) in [5.74, 6) is -2.02. The van der Waals surface area contributed by atoms with Gasteiger partial charge in [-0.2, -0.15) is 0 Å². The van der Waals surface area contributed by atoms with E-state index in [0.717, 1.165) is 0 Å². The second-order valence-electron chi connectivity index (χ2n) is 9.29. The molecule has 0 aliphatic heterocycles. The van der Waals surface area contributed by atoms with Crippen molar-refractivity contribution in [1.29, 1.82) is 0 Å². The van der Waals surface area contributed by atoms with Gasteiger partial charge in [0, 0.05) is 6.42 Å². The maximum atomic E-state index is 12.8. The number of nitrogens with zero attached hydrogens (tertiary/aromatic N) is 1. The molecule has 0 aromatic carbocycles. The van der Waals surface area contributed by atoms with Gasteiger partial charge in [-0.25, -0.2) is 0 Å². The Morgan fingerprint density at radius 2 is 1.47 bits per heavy atom. The summed E-state index contributed by atoms with van der Waals surface area (Å²) in [6.07, 6.45) is -0.137. The summed E-state index contributed by atoms with van der Waals surface area (Å²) in [4.78, 5) is 49.1. The Kier molecular flexibility index (Phi) is 12.2. The van der Waals surface area contributed by atoms with Crippen LogP contribution in [0.3, 0.4) is 0 Å². The van der Waals surface area contributed by atoms with Crippen molar-refractivity contribution < 1.29 is 52.0 Å². The summed E-state index contributed by atoms with van der Waals surface area (Å²) in [6.45, 7) is 5.07. The number of ether oxygens (including phenoxy) is 2. The second-order valence-corrected chi connectivity index (χ2v) is 10.7. The molecule has 0 bridgehead atoms. The van der Waals surface area contributed by atoms with E-state index in [1.54, 1.807) is 6.92 Å². The van der Waals surface area contributed by atoms with Crippen molar-refractivity contribution in [3.05, 3.63) is 0 Å². The van der Waals surface area contributed by atoms with Crippen LogP contribution in [0.5, 0.6) is 0 Å².